The molecule has 0 spiro atoms. The summed E-state index contributed by atoms with van der Waals surface area (Å²) in [6, 6.07) is 11.1. The molecule has 1 aliphatic heterocycles. The first-order valence-corrected chi connectivity index (χ1v) is 8.00. The predicted octanol–water partition coefficient (Wildman–Crippen LogP) is 3.07. The number of hydrogen-bond donors (Lipinski definition) is 1. The van der Waals surface area contributed by atoms with Gasteiger partial charge in [-0.25, -0.2) is 0 Å². The van der Waals surface area contributed by atoms with Crippen LogP contribution in [0.3, 0.4) is 0 Å². The number of pyridine rings is 1. The smallest absolute Gasteiger partial charge is 0.276 e. The number of piperazine rings is 1. The molecule has 25 heavy (non-hydrogen) atoms. The largest absolute Gasteiger partial charge is 0.314 e. The average Bonchev–Trinajstić information content (AvgIpc) is 2.63. The lowest BCUT2D eigenvalue weighted by Crippen LogP contribution is -2.45. The van der Waals surface area contributed by atoms with Gasteiger partial charge in [0.2, 0.25) is 0 Å². The second kappa shape index (κ2) is 9.27. The van der Waals surface area contributed by atoms with Gasteiger partial charge >= 0.3 is 0 Å². The molecule has 1 unspecified atom stereocenters. The number of nitro groups is 1. The van der Waals surface area contributed by atoms with Crippen LogP contribution in [0.5, 0.6) is 0 Å². The summed E-state index contributed by atoms with van der Waals surface area (Å²) in [7, 11) is 0. The molecule has 1 atom stereocenters. The van der Waals surface area contributed by atoms with Crippen LogP contribution in [-0.4, -0.2) is 41.0 Å². The summed E-state index contributed by atoms with van der Waals surface area (Å²) in [5, 5.41) is 14.5. The summed E-state index contributed by atoms with van der Waals surface area (Å²) in [5.74, 6) is 0. The van der Waals surface area contributed by atoms with Gasteiger partial charge in [-0.15, -0.1) is 12.4 Å². The van der Waals surface area contributed by atoms with Crippen LogP contribution < -0.4 is 5.32 Å². The molecule has 2 heterocycles. The monoisotopic (exact) mass is 360 g/mol. The number of nitrogens with zero attached hydrogens (tertiary/aromatic N) is 3. The molecule has 6 nitrogen and oxygen atoms in total. The molecule has 1 N–H and O–H groups in total. The fourth-order valence-corrected chi connectivity index (χ4v) is 2.98. The summed E-state index contributed by atoms with van der Waals surface area (Å²) < 4.78 is 0. The molecule has 0 aliphatic carbocycles. The van der Waals surface area contributed by atoms with Crippen molar-refractivity contribution in [2.24, 2.45) is 0 Å². The minimum absolute atomic E-state index is 0. The topological polar surface area (TPSA) is 71.3 Å². The van der Waals surface area contributed by atoms with Crippen LogP contribution in [0.4, 0.5) is 5.69 Å². The van der Waals surface area contributed by atoms with Crippen molar-refractivity contribution in [3.05, 3.63) is 76.1 Å². The van der Waals surface area contributed by atoms with Gasteiger partial charge in [-0.1, -0.05) is 30.4 Å². The Morgan fingerprint density at radius 3 is 2.92 bits per heavy atom. The highest BCUT2D eigenvalue weighted by molar-refractivity contribution is 5.85. The van der Waals surface area contributed by atoms with Crippen LogP contribution >= 0.6 is 12.4 Å². The number of rotatable bonds is 5. The first-order valence-electron chi connectivity index (χ1n) is 8.00. The second-order valence-electron chi connectivity index (χ2n) is 5.72. The first-order chi connectivity index (χ1) is 11.8. The van der Waals surface area contributed by atoms with Crippen LogP contribution in [0.2, 0.25) is 0 Å². The lowest BCUT2D eigenvalue weighted by molar-refractivity contribution is -0.385. The minimum atomic E-state index is -0.344. The van der Waals surface area contributed by atoms with Crippen molar-refractivity contribution in [2.45, 2.75) is 6.04 Å². The van der Waals surface area contributed by atoms with Gasteiger partial charge in [0.1, 0.15) is 0 Å². The number of halogens is 1. The molecule has 0 radical (unpaired) electrons. The van der Waals surface area contributed by atoms with Gasteiger partial charge in [0, 0.05) is 50.7 Å². The summed E-state index contributed by atoms with van der Waals surface area (Å²) in [6.45, 7) is 3.50. The van der Waals surface area contributed by atoms with Crippen LogP contribution in [0.15, 0.2) is 54.9 Å². The van der Waals surface area contributed by atoms with E-state index < -0.39 is 0 Å². The van der Waals surface area contributed by atoms with Crippen molar-refractivity contribution in [2.75, 3.05) is 26.2 Å². The van der Waals surface area contributed by atoms with Gasteiger partial charge in [-0.05, 0) is 17.7 Å². The van der Waals surface area contributed by atoms with Crippen LogP contribution in [0.1, 0.15) is 17.2 Å². The van der Waals surface area contributed by atoms with Gasteiger partial charge in [-0.3, -0.25) is 20.0 Å². The molecule has 2 aromatic rings. The summed E-state index contributed by atoms with van der Waals surface area (Å²) in [5.41, 5.74) is 1.96. The van der Waals surface area contributed by atoms with E-state index in [9.17, 15) is 10.1 Å². The van der Waals surface area contributed by atoms with Gasteiger partial charge in [-0.2, -0.15) is 0 Å². The minimum Gasteiger partial charge on any atom is -0.314 e. The molecule has 1 saturated heterocycles. The Labute approximate surface area is 153 Å². The average molecular weight is 361 g/mol. The molecular formula is C18H21ClN4O2. The van der Waals surface area contributed by atoms with E-state index in [1.807, 2.05) is 30.5 Å². The van der Waals surface area contributed by atoms with E-state index in [1.54, 1.807) is 18.3 Å². The standard InChI is InChI=1S/C18H20N4O2.ClH/c23-22(24)17-8-2-1-5-15(17)7-4-11-21-12-10-20-14-18(21)16-6-3-9-19-13-16;/h1-9,13,18,20H,10-12,14H2;1H/b7-4+;. The van der Waals surface area contributed by atoms with Gasteiger partial charge in [0.05, 0.1) is 10.5 Å². The van der Waals surface area contributed by atoms with E-state index in [0.717, 1.165) is 26.2 Å². The quantitative estimate of drug-likeness (QED) is 0.655. The lowest BCUT2D eigenvalue weighted by atomic mass is 10.1. The zero-order chi connectivity index (χ0) is 16.8. The van der Waals surface area contributed by atoms with Crippen molar-refractivity contribution in [3.63, 3.8) is 0 Å². The van der Waals surface area contributed by atoms with Crippen molar-refractivity contribution in [3.8, 4) is 0 Å². The summed E-state index contributed by atoms with van der Waals surface area (Å²) in [6.07, 6.45) is 7.51. The molecule has 0 bridgehead atoms. The van der Waals surface area contributed by atoms with E-state index in [4.69, 9.17) is 0 Å². The number of hydrogen-bond acceptors (Lipinski definition) is 5. The maximum absolute atomic E-state index is 11.1. The number of para-hydroxylation sites is 1. The third-order valence-electron chi connectivity index (χ3n) is 4.19. The Hall–Kier alpha value is -2.28. The maximum atomic E-state index is 11.1. The highest BCUT2D eigenvalue weighted by atomic mass is 35.5. The normalized spacial score (nSPS) is 18.0. The van der Waals surface area contributed by atoms with Crippen molar-refractivity contribution in [1.29, 1.82) is 0 Å². The predicted molar refractivity (Wildman–Crippen MR) is 101 cm³/mol. The molecule has 1 aromatic carbocycles. The van der Waals surface area contributed by atoms with Crippen molar-refractivity contribution in [1.82, 2.24) is 15.2 Å². The third kappa shape index (κ3) is 4.85. The first kappa shape index (κ1) is 19.1. The molecule has 1 aromatic heterocycles. The van der Waals surface area contributed by atoms with E-state index >= 15 is 0 Å². The highest BCUT2D eigenvalue weighted by Crippen LogP contribution is 2.22. The van der Waals surface area contributed by atoms with Crippen molar-refractivity contribution >= 4 is 24.2 Å². The Bertz CT molecular complexity index is 724. The molecule has 0 amide bonds. The lowest BCUT2D eigenvalue weighted by Gasteiger charge is -2.35. The molecule has 0 saturated carbocycles. The van der Waals surface area contributed by atoms with Crippen LogP contribution in [0, 0.1) is 10.1 Å². The summed E-state index contributed by atoms with van der Waals surface area (Å²) in [4.78, 5) is 17.3. The molecule has 1 fully saturated rings. The highest BCUT2D eigenvalue weighted by Gasteiger charge is 2.22. The van der Waals surface area contributed by atoms with Crippen LogP contribution in [-0.2, 0) is 0 Å². The molecule has 7 heteroatoms. The van der Waals surface area contributed by atoms with E-state index in [0.29, 0.717) is 5.56 Å². The molecular weight excluding hydrogens is 340 g/mol. The molecule has 132 valence electrons. The third-order valence-corrected chi connectivity index (χ3v) is 4.19. The SMILES string of the molecule is Cl.O=[N+]([O-])c1ccccc1/C=C/CN1CCNCC1c1cccnc1. The Morgan fingerprint density at radius 1 is 1.32 bits per heavy atom. The van der Waals surface area contributed by atoms with Gasteiger partial charge in [0.15, 0.2) is 0 Å². The zero-order valence-corrected chi connectivity index (χ0v) is 14.6. The molecule has 1 aliphatic rings. The zero-order valence-electron chi connectivity index (χ0n) is 13.7. The molecule has 3 rings (SSSR count). The summed E-state index contributed by atoms with van der Waals surface area (Å²) >= 11 is 0. The van der Waals surface area contributed by atoms with Crippen LogP contribution in [0.25, 0.3) is 6.08 Å². The van der Waals surface area contributed by atoms with E-state index in [1.165, 1.54) is 11.6 Å². The number of nitrogens with one attached hydrogen (secondary N) is 1. The van der Waals surface area contributed by atoms with E-state index in [-0.39, 0.29) is 29.1 Å². The fourth-order valence-electron chi connectivity index (χ4n) is 2.98. The number of benzene rings is 1. The second-order valence-corrected chi connectivity index (χ2v) is 5.72. The van der Waals surface area contributed by atoms with Gasteiger partial charge < -0.3 is 5.32 Å². The Balaban J connectivity index is 0.00000225. The Kier molecular flexibility index (Phi) is 7.06. The van der Waals surface area contributed by atoms with Gasteiger partial charge in [0.25, 0.3) is 5.69 Å². The number of nitro benzene ring substituents is 1. The Morgan fingerprint density at radius 2 is 2.16 bits per heavy atom. The van der Waals surface area contributed by atoms with Crippen molar-refractivity contribution < 1.29 is 4.92 Å². The fraction of sp³-hybridized carbons (Fsp3) is 0.278. The van der Waals surface area contributed by atoms with E-state index in [2.05, 4.69) is 21.3 Å². The maximum Gasteiger partial charge on any atom is 0.276 e. The number of aromatic nitrogens is 1.